The fourth-order valence-corrected chi connectivity index (χ4v) is 1.56. The average molecular weight is 238 g/mol. The Balaban J connectivity index is 2.44. The smallest absolute Gasteiger partial charge is 0.181 e. The number of anilines is 1. The van der Waals surface area contributed by atoms with Crippen LogP contribution in [0.15, 0.2) is 29.3 Å². The van der Waals surface area contributed by atoms with Gasteiger partial charge in [-0.2, -0.15) is 0 Å². The molecule has 0 aliphatic rings. The zero-order chi connectivity index (χ0) is 11.5. The van der Waals surface area contributed by atoms with Crippen LogP contribution < -0.4 is 5.32 Å². The average Bonchev–Trinajstić information content (AvgIpc) is 2.69. The lowest BCUT2D eigenvalue weighted by atomic mass is 10.2. The number of pyridine rings is 1. The molecule has 5 heteroatoms. The van der Waals surface area contributed by atoms with E-state index in [1.807, 2.05) is 0 Å². The zero-order valence-electron chi connectivity index (χ0n) is 9.07. The largest absolute Gasteiger partial charge is 0.443 e. The predicted molar refractivity (Wildman–Crippen MR) is 63.5 cm³/mol. The van der Waals surface area contributed by atoms with E-state index in [0.717, 1.165) is 11.3 Å². The Morgan fingerprint density at radius 3 is 2.81 bits per heavy atom. The highest BCUT2D eigenvalue weighted by Gasteiger charge is 2.10. The second-order valence-corrected chi connectivity index (χ2v) is 4.10. The van der Waals surface area contributed by atoms with E-state index in [9.17, 15) is 0 Å². The summed E-state index contributed by atoms with van der Waals surface area (Å²) in [4.78, 5) is 7.93. The van der Waals surface area contributed by atoms with Gasteiger partial charge in [0.25, 0.3) is 0 Å². The van der Waals surface area contributed by atoms with E-state index in [0.29, 0.717) is 17.0 Å². The molecule has 0 radical (unpaired) electrons. The topological polar surface area (TPSA) is 51.0 Å². The summed E-state index contributed by atoms with van der Waals surface area (Å²) in [7, 11) is 0. The highest BCUT2D eigenvalue weighted by Crippen LogP contribution is 2.29. The quantitative estimate of drug-likeness (QED) is 0.833. The molecule has 1 N–H and O–H groups in total. The highest BCUT2D eigenvalue weighted by molar-refractivity contribution is 6.29. The maximum absolute atomic E-state index is 5.86. The molecule has 0 fully saturated rings. The molecule has 0 bridgehead atoms. The van der Waals surface area contributed by atoms with Gasteiger partial charge in [-0.1, -0.05) is 11.6 Å². The first-order chi connectivity index (χ1) is 7.66. The van der Waals surface area contributed by atoms with Crippen molar-refractivity contribution in [1.29, 1.82) is 0 Å². The molecular formula is C11H12ClN3O. The molecule has 4 nitrogen and oxygen atoms in total. The summed E-state index contributed by atoms with van der Waals surface area (Å²) in [5, 5.41) is 3.74. The zero-order valence-corrected chi connectivity index (χ0v) is 9.82. The highest BCUT2D eigenvalue weighted by atomic mass is 35.5. The Morgan fingerprint density at radius 2 is 2.19 bits per heavy atom. The summed E-state index contributed by atoms with van der Waals surface area (Å²) in [6.07, 6.45) is 4.72. The number of hydrogen-bond acceptors (Lipinski definition) is 4. The molecule has 0 atom stereocenters. The Kier molecular flexibility index (Phi) is 3.10. The summed E-state index contributed by atoms with van der Waals surface area (Å²) in [5.74, 6) is 0.673. The number of nitrogens with one attached hydrogen (secondary N) is 1. The van der Waals surface area contributed by atoms with Gasteiger partial charge in [0.2, 0.25) is 0 Å². The summed E-state index contributed by atoms with van der Waals surface area (Å²) in [6, 6.07) is 2.08. The van der Waals surface area contributed by atoms with Crippen molar-refractivity contribution in [2.45, 2.75) is 19.9 Å². The lowest BCUT2D eigenvalue weighted by Crippen LogP contribution is -2.10. The number of rotatable bonds is 3. The van der Waals surface area contributed by atoms with Crippen LogP contribution in [0, 0.1) is 0 Å². The number of aromatic nitrogens is 2. The molecule has 0 aromatic carbocycles. The van der Waals surface area contributed by atoms with Gasteiger partial charge < -0.3 is 9.73 Å². The SMILES string of the molecule is CC(C)Nc1cc(Cl)ncc1-c1cnco1. The second-order valence-electron chi connectivity index (χ2n) is 3.72. The van der Waals surface area contributed by atoms with Crippen LogP contribution in [-0.4, -0.2) is 16.0 Å². The first-order valence-corrected chi connectivity index (χ1v) is 5.35. The Hall–Kier alpha value is -1.55. The third-order valence-corrected chi connectivity index (χ3v) is 2.22. The molecule has 2 rings (SSSR count). The van der Waals surface area contributed by atoms with Crippen molar-refractivity contribution < 1.29 is 4.42 Å². The summed E-state index contributed by atoms with van der Waals surface area (Å²) < 4.78 is 5.25. The van der Waals surface area contributed by atoms with Gasteiger partial charge in [-0.05, 0) is 19.9 Å². The van der Waals surface area contributed by atoms with Crippen LogP contribution in [0.1, 0.15) is 13.8 Å². The maximum atomic E-state index is 5.86. The van der Waals surface area contributed by atoms with E-state index >= 15 is 0 Å². The van der Waals surface area contributed by atoms with Crippen molar-refractivity contribution in [1.82, 2.24) is 9.97 Å². The normalized spacial score (nSPS) is 10.8. The van der Waals surface area contributed by atoms with Crippen LogP contribution in [-0.2, 0) is 0 Å². The van der Waals surface area contributed by atoms with E-state index in [4.69, 9.17) is 16.0 Å². The molecule has 16 heavy (non-hydrogen) atoms. The number of nitrogens with zero attached hydrogens (tertiary/aromatic N) is 2. The van der Waals surface area contributed by atoms with Crippen LogP contribution >= 0.6 is 11.6 Å². The molecule has 0 aliphatic heterocycles. The van der Waals surface area contributed by atoms with Crippen LogP contribution in [0.3, 0.4) is 0 Å². The number of hydrogen-bond donors (Lipinski definition) is 1. The van der Waals surface area contributed by atoms with E-state index in [1.165, 1.54) is 6.39 Å². The Morgan fingerprint density at radius 1 is 1.38 bits per heavy atom. The third kappa shape index (κ3) is 2.33. The van der Waals surface area contributed by atoms with E-state index in [-0.39, 0.29) is 0 Å². The first-order valence-electron chi connectivity index (χ1n) is 4.98. The third-order valence-electron chi connectivity index (χ3n) is 2.01. The van der Waals surface area contributed by atoms with Gasteiger partial charge in [-0.3, -0.25) is 0 Å². The van der Waals surface area contributed by atoms with Crippen molar-refractivity contribution in [3.63, 3.8) is 0 Å². The van der Waals surface area contributed by atoms with Gasteiger partial charge in [-0.15, -0.1) is 0 Å². The molecule has 2 aromatic heterocycles. The molecule has 84 valence electrons. The van der Waals surface area contributed by atoms with Crippen molar-refractivity contribution in [2.75, 3.05) is 5.32 Å². The van der Waals surface area contributed by atoms with Gasteiger partial charge in [0.1, 0.15) is 5.15 Å². The minimum absolute atomic E-state index is 0.306. The molecule has 2 aromatic rings. The Bertz CT molecular complexity index is 468. The van der Waals surface area contributed by atoms with Crippen molar-refractivity contribution in [3.8, 4) is 11.3 Å². The van der Waals surface area contributed by atoms with Crippen molar-refractivity contribution >= 4 is 17.3 Å². The molecule has 0 amide bonds. The predicted octanol–water partition coefficient (Wildman–Crippen LogP) is 3.21. The Labute approximate surface area is 98.7 Å². The summed E-state index contributed by atoms with van der Waals surface area (Å²) in [5.41, 5.74) is 1.75. The lowest BCUT2D eigenvalue weighted by molar-refractivity contribution is 0.572. The molecule has 0 aliphatic carbocycles. The molecule has 0 saturated carbocycles. The fourth-order valence-electron chi connectivity index (χ4n) is 1.41. The van der Waals surface area contributed by atoms with Crippen molar-refractivity contribution in [2.24, 2.45) is 0 Å². The number of oxazole rings is 1. The van der Waals surface area contributed by atoms with Crippen LogP contribution in [0.2, 0.25) is 5.15 Å². The monoisotopic (exact) mass is 237 g/mol. The minimum Gasteiger partial charge on any atom is -0.443 e. The second kappa shape index (κ2) is 4.53. The molecule has 0 spiro atoms. The molecular weight excluding hydrogens is 226 g/mol. The van der Waals surface area contributed by atoms with E-state index < -0.39 is 0 Å². The number of halogens is 1. The van der Waals surface area contributed by atoms with Gasteiger partial charge in [0, 0.05) is 12.2 Å². The van der Waals surface area contributed by atoms with Crippen LogP contribution in [0.4, 0.5) is 5.69 Å². The van der Waals surface area contributed by atoms with Gasteiger partial charge in [0.05, 0.1) is 17.4 Å². The summed E-state index contributed by atoms with van der Waals surface area (Å²) in [6.45, 7) is 4.11. The van der Waals surface area contributed by atoms with E-state index in [2.05, 4.69) is 29.1 Å². The molecule has 2 heterocycles. The van der Waals surface area contributed by atoms with Crippen molar-refractivity contribution in [3.05, 3.63) is 30.0 Å². The standard InChI is InChI=1S/C11H12ClN3O/c1-7(2)15-9-3-11(12)14-4-8(9)10-5-13-6-16-10/h3-7H,1-2H3,(H,14,15). The molecule has 0 unspecified atom stereocenters. The summed E-state index contributed by atoms with van der Waals surface area (Å²) >= 11 is 5.86. The lowest BCUT2D eigenvalue weighted by Gasteiger charge is -2.13. The van der Waals surface area contributed by atoms with E-state index in [1.54, 1.807) is 18.5 Å². The maximum Gasteiger partial charge on any atom is 0.181 e. The first kappa shape index (κ1) is 11.0. The fraction of sp³-hybridized carbons (Fsp3) is 0.273. The van der Waals surface area contributed by atoms with Crippen LogP contribution in [0.25, 0.3) is 11.3 Å². The minimum atomic E-state index is 0.306. The van der Waals surface area contributed by atoms with Gasteiger partial charge >= 0.3 is 0 Å². The molecule has 0 saturated heterocycles. The van der Waals surface area contributed by atoms with Gasteiger partial charge in [0.15, 0.2) is 12.2 Å². The van der Waals surface area contributed by atoms with Crippen LogP contribution in [0.5, 0.6) is 0 Å². The van der Waals surface area contributed by atoms with Gasteiger partial charge in [-0.25, -0.2) is 9.97 Å².